The lowest BCUT2D eigenvalue weighted by atomic mass is 9.95. The molecule has 1 aromatic carbocycles. The topological polar surface area (TPSA) is 87.7 Å². The second-order valence-corrected chi connectivity index (χ2v) is 11.2. The van der Waals surface area contributed by atoms with E-state index >= 15 is 0 Å². The lowest BCUT2D eigenvalue weighted by molar-refractivity contribution is -0.146. The number of hydrogen-bond donors (Lipinski definition) is 2. The average Bonchev–Trinajstić information content (AvgIpc) is 2.66. The van der Waals surface area contributed by atoms with Gasteiger partial charge in [0.2, 0.25) is 11.8 Å². The van der Waals surface area contributed by atoms with E-state index in [4.69, 9.17) is 4.74 Å². The molecule has 0 aliphatic rings. The standard InChI is InChI=1S/C27H43N3O4/c1-12-19-14-13-15-20(16-19)22(23(31)29-26(6,7)8)30(18(4)5)24(32)21(17(2)3)28-25(33)34-27(9,10)11/h12-18,21-22H,1H2,2-11H3,(H,28,33)(H,29,31). The van der Waals surface area contributed by atoms with Gasteiger partial charge in [0.25, 0.3) is 0 Å². The molecule has 0 aliphatic heterocycles. The molecule has 3 amide bonds. The Labute approximate surface area is 205 Å². The van der Waals surface area contributed by atoms with Crippen molar-refractivity contribution in [2.45, 2.75) is 98.5 Å². The van der Waals surface area contributed by atoms with Gasteiger partial charge in [-0.2, -0.15) is 0 Å². The Morgan fingerprint density at radius 3 is 2.06 bits per heavy atom. The molecule has 0 saturated heterocycles. The van der Waals surface area contributed by atoms with Gasteiger partial charge in [0, 0.05) is 11.6 Å². The largest absolute Gasteiger partial charge is 0.444 e. The highest BCUT2D eigenvalue weighted by molar-refractivity contribution is 5.92. The molecular formula is C27H43N3O4. The Bertz CT molecular complexity index is 879. The van der Waals surface area contributed by atoms with Gasteiger partial charge < -0.3 is 20.3 Å². The molecule has 0 fully saturated rings. The predicted molar refractivity (Wildman–Crippen MR) is 137 cm³/mol. The van der Waals surface area contributed by atoms with Crippen molar-refractivity contribution in [2.24, 2.45) is 5.92 Å². The molecule has 190 valence electrons. The summed E-state index contributed by atoms with van der Waals surface area (Å²) in [7, 11) is 0. The monoisotopic (exact) mass is 473 g/mol. The second-order valence-electron chi connectivity index (χ2n) is 11.2. The molecule has 2 atom stereocenters. The van der Waals surface area contributed by atoms with Crippen LogP contribution in [0, 0.1) is 5.92 Å². The summed E-state index contributed by atoms with van der Waals surface area (Å²) >= 11 is 0. The molecule has 0 aromatic heterocycles. The van der Waals surface area contributed by atoms with Crippen LogP contribution in [-0.4, -0.2) is 46.0 Å². The molecule has 2 N–H and O–H groups in total. The zero-order valence-corrected chi connectivity index (χ0v) is 22.5. The first-order chi connectivity index (χ1) is 15.5. The Morgan fingerprint density at radius 2 is 1.62 bits per heavy atom. The number of amides is 3. The summed E-state index contributed by atoms with van der Waals surface area (Å²) in [6.07, 6.45) is 1.03. The molecular weight excluding hydrogens is 430 g/mol. The van der Waals surface area contributed by atoms with E-state index in [1.54, 1.807) is 31.7 Å². The number of benzene rings is 1. The summed E-state index contributed by atoms with van der Waals surface area (Å²) in [6, 6.07) is 5.32. The second kappa shape index (κ2) is 11.5. The van der Waals surface area contributed by atoms with Crippen LogP contribution in [0.4, 0.5) is 4.79 Å². The number of hydrogen-bond acceptors (Lipinski definition) is 4. The highest BCUT2D eigenvalue weighted by Crippen LogP contribution is 2.28. The molecule has 0 saturated carbocycles. The summed E-state index contributed by atoms with van der Waals surface area (Å²) in [4.78, 5) is 41.6. The van der Waals surface area contributed by atoms with Crippen LogP contribution in [0.2, 0.25) is 0 Å². The molecule has 1 rings (SSSR count). The molecule has 7 heteroatoms. The number of alkyl carbamates (subject to hydrolysis) is 1. The number of carbonyl (C=O) groups is 3. The first kappa shape index (κ1) is 29.2. The first-order valence-electron chi connectivity index (χ1n) is 11.8. The lowest BCUT2D eigenvalue weighted by Gasteiger charge is -2.39. The first-order valence-corrected chi connectivity index (χ1v) is 11.8. The minimum absolute atomic E-state index is 0.230. The van der Waals surface area contributed by atoms with E-state index in [1.807, 2.05) is 72.7 Å². The maximum absolute atomic E-state index is 13.9. The Balaban J connectivity index is 3.52. The van der Waals surface area contributed by atoms with Gasteiger partial charge in [-0.15, -0.1) is 0 Å². The fourth-order valence-corrected chi connectivity index (χ4v) is 3.52. The molecule has 34 heavy (non-hydrogen) atoms. The van der Waals surface area contributed by atoms with Gasteiger partial charge in [0.15, 0.2) is 0 Å². The molecule has 0 aliphatic carbocycles. The van der Waals surface area contributed by atoms with E-state index in [-0.39, 0.29) is 23.8 Å². The summed E-state index contributed by atoms with van der Waals surface area (Å²) < 4.78 is 5.39. The summed E-state index contributed by atoms with van der Waals surface area (Å²) in [5.74, 6) is -0.878. The highest BCUT2D eigenvalue weighted by atomic mass is 16.6. The molecule has 0 spiro atoms. The molecule has 7 nitrogen and oxygen atoms in total. The van der Waals surface area contributed by atoms with Crippen LogP contribution < -0.4 is 10.6 Å². The van der Waals surface area contributed by atoms with Crippen LogP contribution in [0.5, 0.6) is 0 Å². The van der Waals surface area contributed by atoms with Gasteiger partial charge in [-0.3, -0.25) is 9.59 Å². The smallest absolute Gasteiger partial charge is 0.408 e. The van der Waals surface area contributed by atoms with Crippen molar-refractivity contribution in [2.75, 3.05) is 0 Å². The van der Waals surface area contributed by atoms with Crippen molar-refractivity contribution in [1.29, 1.82) is 0 Å². The normalized spacial score (nSPS) is 13.8. The molecule has 2 unspecified atom stereocenters. The van der Waals surface area contributed by atoms with Crippen molar-refractivity contribution >= 4 is 24.0 Å². The van der Waals surface area contributed by atoms with Crippen molar-refractivity contribution in [1.82, 2.24) is 15.5 Å². The summed E-state index contributed by atoms with van der Waals surface area (Å²) in [6.45, 7) is 22.2. The molecule has 1 aromatic rings. The van der Waals surface area contributed by atoms with Crippen LogP contribution >= 0.6 is 0 Å². The number of ether oxygens (including phenoxy) is 1. The van der Waals surface area contributed by atoms with Crippen LogP contribution in [0.3, 0.4) is 0 Å². The fourth-order valence-electron chi connectivity index (χ4n) is 3.52. The fraction of sp³-hybridized carbons (Fsp3) is 0.593. The SMILES string of the molecule is C=Cc1cccc(C(C(=O)NC(C)(C)C)N(C(=O)C(NC(=O)OC(C)(C)C)C(C)C)C(C)C)c1. The van der Waals surface area contributed by atoms with Crippen LogP contribution in [-0.2, 0) is 14.3 Å². The third kappa shape index (κ3) is 8.84. The van der Waals surface area contributed by atoms with Crippen molar-refractivity contribution in [3.8, 4) is 0 Å². The maximum atomic E-state index is 13.9. The van der Waals surface area contributed by atoms with Crippen LogP contribution in [0.1, 0.15) is 86.4 Å². The van der Waals surface area contributed by atoms with Gasteiger partial charge in [-0.25, -0.2) is 4.79 Å². The van der Waals surface area contributed by atoms with Gasteiger partial charge >= 0.3 is 6.09 Å². The molecule has 0 radical (unpaired) electrons. The van der Waals surface area contributed by atoms with Gasteiger partial charge in [0.05, 0.1) is 0 Å². The van der Waals surface area contributed by atoms with Gasteiger partial charge in [-0.1, -0.05) is 44.7 Å². The third-order valence-corrected chi connectivity index (χ3v) is 4.90. The van der Waals surface area contributed by atoms with Crippen molar-refractivity contribution in [3.63, 3.8) is 0 Å². The Morgan fingerprint density at radius 1 is 1.03 bits per heavy atom. The summed E-state index contributed by atoms with van der Waals surface area (Å²) in [5.41, 5.74) is 0.311. The lowest BCUT2D eigenvalue weighted by Crippen LogP contribution is -2.57. The quantitative estimate of drug-likeness (QED) is 0.552. The zero-order chi connectivity index (χ0) is 26.4. The van der Waals surface area contributed by atoms with Gasteiger partial charge in [0.1, 0.15) is 17.7 Å². The predicted octanol–water partition coefficient (Wildman–Crippen LogP) is 5.07. The molecule has 0 heterocycles. The van der Waals surface area contributed by atoms with Crippen molar-refractivity contribution < 1.29 is 19.1 Å². The highest BCUT2D eigenvalue weighted by Gasteiger charge is 2.39. The molecule has 0 bridgehead atoms. The third-order valence-electron chi connectivity index (χ3n) is 4.90. The Hall–Kier alpha value is -2.83. The van der Waals surface area contributed by atoms with E-state index in [0.29, 0.717) is 5.56 Å². The van der Waals surface area contributed by atoms with Crippen molar-refractivity contribution in [3.05, 3.63) is 42.0 Å². The maximum Gasteiger partial charge on any atom is 0.408 e. The number of nitrogens with zero attached hydrogens (tertiary/aromatic N) is 1. The van der Waals surface area contributed by atoms with E-state index in [1.165, 1.54) is 0 Å². The van der Waals surface area contributed by atoms with Crippen LogP contribution in [0.15, 0.2) is 30.8 Å². The minimum Gasteiger partial charge on any atom is -0.444 e. The zero-order valence-electron chi connectivity index (χ0n) is 22.5. The van der Waals surface area contributed by atoms with E-state index in [0.717, 1.165) is 5.56 Å². The van der Waals surface area contributed by atoms with E-state index in [9.17, 15) is 14.4 Å². The minimum atomic E-state index is -0.895. The number of nitrogens with one attached hydrogen (secondary N) is 2. The van der Waals surface area contributed by atoms with Crippen LogP contribution in [0.25, 0.3) is 6.08 Å². The van der Waals surface area contributed by atoms with Gasteiger partial charge in [-0.05, 0) is 78.5 Å². The number of carbonyl (C=O) groups excluding carboxylic acids is 3. The summed E-state index contributed by atoms with van der Waals surface area (Å²) in [5, 5.41) is 5.74. The number of rotatable bonds is 8. The Kier molecular flexibility index (Phi) is 9.91. The average molecular weight is 474 g/mol. The van der Waals surface area contributed by atoms with E-state index in [2.05, 4.69) is 17.2 Å². The van der Waals surface area contributed by atoms with E-state index < -0.39 is 29.3 Å².